The molecule has 2 N–H and O–H groups in total. The number of benzene rings is 1. The van der Waals surface area contributed by atoms with E-state index in [9.17, 15) is 0 Å². The van der Waals surface area contributed by atoms with Gasteiger partial charge in [-0.2, -0.15) is 0 Å². The summed E-state index contributed by atoms with van der Waals surface area (Å²) in [6, 6.07) is 6.38. The summed E-state index contributed by atoms with van der Waals surface area (Å²) in [5.74, 6) is 2.68. The second kappa shape index (κ2) is 13.4. The number of halogens is 1. The average molecular weight is 530 g/mol. The fourth-order valence-electron chi connectivity index (χ4n) is 3.90. The summed E-state index contributed by atoms with van der Waals surface area (Å²) in [4.78, 5) is 6.95. The van der Waals surface area contributed by atoms with E-state index in [1.165, 1.54) is 31.5 Å². The number of hydrogen-bond acceptors (Lipinski definition) is 4. The Labute approximate surface area is 199 Å². The van der Waals surface area contributed by atoms with E-state index in [0.717, 1.165) is 55.7 Å². The summed E-state index contributed by atoms with van der Waals surface area (Å²) in [6.07, 6.45) is 4.93. The van der Waals surface area contributed by atoms with Crippen LogP contribution in [-0.4, -0.2) is 63.4 Å². The number of guanidine groups is 1. The number of aliphatic imine (C=N–C) groups is 1. The fraction of sp³-hybridized carbons (Fsp3) is 0.696. The molecule has 1 unspecified atom stereocenters. The number of nitrogens with one attached hydrogen (secondary N) is 2. The van der Waals surface area contributed by atoms with Crippen LogP contribution in [0, 0.1) is 12.8 Å². The van der Waals surface area contributed by atoms with Gasteiger partial charge in [0.25, 0.3) is 0 Å². The van der Waals surface area contributed by atoms with Crippen molar-refractivity contribution in [2.24, 2.45) is 10.9 Å². The zero-order valence-electron chi connectivity index (χ0n) is 18.8. The number of nitrogens with zero attached hydrogens (tertiary/aromatic N) is 2. The van der Waals surface area contributed by atoms with Gasteiger partial charge in [-0.3, -0.25) is 4.99 Å². The summed E-state index contributed by atoms with van der Waals surface area (Å²) in [7, 11) is 1.82. The maximum Gasteiger partial charge on any atom is 0.191 e. The monoisotopic (exact) mass is 530 g/mol. The molecule has 0 aromatic heterocycles. The second-order valence-corrected chi connectivity index (χ2v) is 8.44. The van der Waals surface area contributed by atoms with Crippen LogP contribution in [0.25, 0.3) is 0 Å². The predicted molar refractivity (Wildman–Crippen MR) is 134 cm³/mol. The van der Waals surface area contributed by atoms with Crippen molar-refractivity contribution in [3.63, 3.8) is 0 Å². The van der Waals surface area contributed by atoms with E-state index in [2.05, 4.69) is 52.6 Å². The van der Waals surface area contributed by atoms with E-state index in [1.807, 2.05) is 7.05 Å². The lowest BCUT2D eigenvalue weighted by atomic mass is 9.99. The molecule has 2 heterocycles. The number of ether oxygens (including phenoxy) is 2. The van der Waals surface area contributed by atoms with Gasteiger partial charge in [0.15, 0.2) is 5.96 Å². The molecule has 30 heavy (non-hydrogen) atoms. The minimum atomic E-state index is 0. The Morgan fingerprint density at radius 1 is 1.23 bits per heavy atom. The molecule has 170 valence electrons. The maximum absolute atomic E-state index is 6.20. The van der Waals surface area contributed by atoms with Crippen molar-refractivity contribution < 1.29 is 9.47 Å². The second-order valence-electron chi connectivity index (χ2n) is 8.44. The minimum Gasteiger partial charge on any atom is -0.488 e. The van der Waals surface area contributed by atoms with Crippen LogP contribution in [0.5, 0.6) is 5.75 Å². The number of hydrogen-bond donors (Lipinski definition) is 2. The third kappa shape index (κ3) is 8.23. The van der Waals surface area contributed by atoms with Crippen molar-refractivity contribution in [2.75, 3.05) is 46.4 Å². The highest BCUT2D eigenvalue weighted by atomic mass is 127. The van der Waals surface area contributed by atoms with Gasteiger partial charge in [0.2, 0.25) is 0 Å². The van der Waals surface area contributed by atoms with Crippen LogP contribution in [0.3, 0.4) is 0 Å². The van der Waals surface area contributed by atoms with Crippen LogP contribution >= 0.6 is 24.0 Å². The van der Waals surface area contributed by atoms with Gasteiger partial charge in [0.05, 0.1) is 13.2 Å². The Kier molecular flexibility index (Phi) is 11.2. The summed E-state index contributed by atoms with van der Waals surface area (Å²) in [6.45, 7) is 11.2. The zero-order valence-corrected chi connectivity index (χ0v) is 21.1. The van der Waals surface area contributed by atoms with Crippen molar-refractivity contribution in [2.45, 2.75) is 52.2 Å². The first-order chi connectivity index (χ1) is 14.1. The van der Waals surface area contributed by atoms with Crippen LogP contribution in [0.15, 0.2) is 23.2 Å². The molecule has 0 radical (unpaired) electrons. The molecule has 0 saturated carbocycles. The van der Waals surface area contributed by atoms with E-state index < -0.39 is 0 Å². The Morgan fingerprint density at radius 2 is 2.03 bits per heavy atom. The van der Waals surface area contributed by atoms with Gasteiger partial charge < -0.3 is 25.0 Å². The molecule has 2 aliphatic heterocycles. The predicted octanol–water partition coefficient (Wildman–Crippen LogP) is 3.57. The van der Waals surface area contributed by atoms with E-state index >= 15 is 0 Å². The largest absolute Gasteiger partial charge is 0.488 e. The molecule has 7 heteroatoms. The van der Waals surface area contributed by atoms with Crippen LogP contribution < -0.4 is 15.4 Å². The molecule has 3 rings (SSSR count). The van der Waals surface area contributed by atoms with Crippen molar-refractivity contribution in [1.82, 2.24) is 15.5 Å². The van der Waals surface area contributed by atoms with E-state index in [-0.39, 0.29) is 30.1 Å². The highest BCUT2D eigenvalue weighted by molar-refractivity contribution is 14.0. The standard InChI is InChI=1S/C23H38N4O2.HI/c1-18-7-12-27(13-8-18)11-4-10-25-23(24-3)26-16-20-6-5-19(2)15-22(20)29-21-9-14-28-17-21;/h5-6,15,18,21H,4,7-14,16-17H2,1-3H3,(H2,24,25,26);1H. The molecular formula is C23H39IN4O2. The van der Waals surface area contributed by atoms with E-state index in [4.69, 9.17) is 9.47 Å². The molecule has 2 saturated heterocycles. The van der Waals surface area contributed by atoms with Crippen molar-refractivity contribution >= 4 is 29.9 Å². The average Bonchev–Trinajstić information content (AvgIpc) is 3.23. The Balaban J connectivity index is 0.00000320. The molecule has 6 nitrogen and oxygen atoms in total. The third-order valence-electron chi connectivity index (χ3n) is 5.89. The molecule has 2 fully saturated rings. The maximum atomic E-state index is 6.20. The Morgan fingerprint density at radius 3 is 2.73 bits per heavy atom. The van der Waals surface area contributed by atoms with Gasteiger partial charge in [-0.1, -0.05) is 19.1 Å². The Hall–Kier alpha value is -1.06. The summed E-state index contributed by atoms with van der Waals surface area (Å²) >= 11 is 0. The molecule has 0 spiro atoms. The summed E-state index contributed by atoms with van der Waals surface area (Å²) in [5.41, 5.74) is 2.35. The minimum absolute atomic E-state index is 0. The molecular weight excluding hydrogens is 491 g/mol. The molecule has 0 bridgehead atoms. The molecule has 0 amide bonds. The first kappa shape index (κ1) is 25.2. The molecule has 1 aromatic rings. The zero-order chi connectivity index (χ0) is 20.5. The summed E-state index contributed by atoms with van der Waals surface area (Å²) < 4.78 is 11.6. The highest BCUT2D eigenvalue weighted by Gasteiger charge is 2.19. The third-order valence-corrected chi connectivity index (χ3v) is 5.89. The van der Waals surface area contributed by atoms with Crippen LogP contribution in [0.1, 0.15) is 43.7 Å². The van der Waals surface area contributed by atoms with Gasteiger partial charge in [0.1, 0.15) is 11.9 Å². The van der Waals surface area contributed by atoms with Gasteiger partial charge >= 0.3 is 0 Å². The number of aryl methyl sites for hydroxylation is 1. The smallest absolute Gasteiger partial charge is 0.191 e. The van der Waals surface area contributed by atoms with E-state index in [0.29, 0.717) is 13.2 Å². The molecule has 1 aromatic carbocycles. The van der Waals surface area contributed by atoms with Gasteiger partial charge in [-0.15, -0.1) is 24.0 Å². The van der Waals surface area contributed by atoms with Gasteiger partial charge in [0, 0.05) is 32.1 Å². The van der Waals surface area contributed by atoms with Crippen molar-refractivity contribution in [3.8, 4) is 5.75 Å². The normalized spacial score (nSPS) is 20.6. The number of rotatable bonds is 8. The van der Waals surface area contributed by atoms with Crippen LogP contribution in [0.2, 0.25) is 0 Å². The van der Waals surface area contributed by atoms with Gasteiger partial charge in [-0.05, 0) is 63.4 Å². The van der Waals surface area contributed by atoms with Gasteiger partial charge in [-0.25, -0.2) is 0 Å². The lowest BCUT2D eigenvalue weighted by molar-refractivity contribution is 0.140. The highest BCUT2D eigenvalue weighted by Crippen LogP contribution is 2.23. The fourth-order valence-corrected chi connectivity index (χ4v) is 3.90. The Bertz CT molecular complexity index is 657. The lowest BCUT2D eigenvalue weighted by Gasteiger charge is -2.30. The first-order valence-corrected chi connectivity index (χ1v) is 11.1. The van der Waals surface area contributed by atoms with Crippen LogP contribution in [-0.2, 0) is 11.3 Å². The number of piperidine rings is 1. The summed E-state index contributed by atoms with van der Waals surface area (Å²) in [5, 5.41) is 6.87. The quantitative estimate of drug-likeness (QED) is 0.233. The molecule has 2 aliphatic rings. The van der Waals surface area contributed by atoms with Crippen molar-refractivity contribution in [3.05, 3.63) is 29.3 Å². The van der Waals surface area contributed by atoms with Crippen molar-refractivity contribution in [1.29, 1.82) is 0 Å². The lowest BCUT2D eigenvalue weighted by Crippen LogP contribution is -2.39. The van der Waals surface area contributed by atoms with E-state index in [1.54, 1.807) is 0 Å². The topological polar surface area (TPSA) is 58.1 Å². The molecule has 0 aliphatic carbocycles. The number of likely N-dealkylation sites (tertiary alicyclic amines) is 1. The SMILES string of the molecule is CN=C(NCCCN1CCC(C)CC1)NCc1ccc(C)cc1OC1CCOC1.I. The van der Waals surface area contributed by atoms with Crippen LogP contribution in [0.4, 0.5) is 0 Å². The first-order valence-electron chi connectivity index (χ1n) is 11.1. The molecule has 1 atom stereocenters.